The van der Waals surface area contributed by atoms with E-state index in [4.69, 9.17) is 0 Å². The van der Waals surface area contributed by atoms with Gasteiger partial charge in [-0.1, -0.05) is 24.3 Å². The molecule has 68 valence electrons. The summed E-state index contributed by atoms with van der Waals surface area (Å²) in [6.45, 7) is 5.82. The van der Waals surface area contributed by atoms with E-state index in [1.54, 1.807) is 17.8 Å². The van der Waals surface area contributed by atoms with E-state index >= 15 is 0 Å². The van der Waals surface area contributed by atoms with Crippen LogP contribution in [0.2, 0.25) is 0 Å². The number of benzene rings is 1. The molecule has 0 aliphatic heterocycles. The van der Waals surface area contributed by atoms with Crippen LogP contribution in [0.3, 0.4) is 0 Å². The highest BCUT2D eigenvalue weighted by Gasteiger charge is 1.95. The summed E-state index contributed by atoms with van der Waals surface area (Å²) >= 11 is 1.70. The molecule has 1 aromatic carbocycles. The molecular weight excluding hydrogens is 180 g/mol. The van der Waals surface area contributed by atoms with Crippen molar-refractivity contribution in [2.24, 2.45) is 0 Å². The third-order valence-corrected chi connectivity index (χ3v) is 2.70. The second-order valence-electron chi connectivity index (χ2n) is 2.94. The van der Waals surface area contributed by atoms with Crippen LogP contribution in [0.25, 0.3) is 0 Å². The van der Waals surface area contributed by atoms with Crippen molar-refractivity contribution in [3.63, 3.8) is 0 Å². The van der Waals surface area contributed by atoms with E-state index in [2.05, 4.69) is 6.58 Å². The Balaban J connectivity index is 2.66. The molecule has 0 saturated heterocycles. The summed E-state index contributed by atoms with van der Waals surface area (Å²) < 4.78 is 0. The van der Waals surface area contributed by atoms with Crippen LogP contribution in [0.15, 0.2) is 41.3 Å². The Morgan fingerprint density at radius 1 is 1.62 bits per heavy atom. The number of rotatable bonds is 4. The summed E-state index contributed by atoms with van der Waals surface area (Å²) in [5.74, 6) is 0.905. The first-order valence-electron chi connectivity index (χ1n) is 4.05. The minimum Gasteiger partial charge on any atom is -0.298 e. The molecule has 0 fully saturated rings. The second kappa shape index (κ2) is 4.87. The van der Waals surface area contributed by atoms with Crippen LogP contribution >= 0.6 is 11.8 Å². The normalized spacial score (nSPS) is 9.62. The lowest BCUT2D eigenvalue weighted by Crippen LogP contribution is -1.82. The first kappa shape index (κ1) is 10.1. The van der Waals surface area contributed by atoms with Crippen LogP contribution in [0.4, 0.5) is 0 Å². The minimum absolute atomic E-state index is 0.728. The fraction of sp³-hybridized carbons (Fsp3) is 0.182. The summed E-state index contributed by atoms with van der Waals surface area (Å²) in [7, 11) is 0. The maximum Gasteiger partial charge on any atom is 0.150 e. The SMILES string of the molecule is C=C(C)CSc1cccc(C=O)c1. The zero-order valence-corrected chi connectivity index (χ0v) is 8.43. The number of hydrogen-bond acceptors (Lipinski definition) is 2. The fourth-order valence-electron chi connectivity index (χ4n) is 0.884. The van der Waals surface area contributed by atoms with E-state index in [1.165, 1.54) is 0 Å². The molecule has 0 heterocycles. The van der Waals surface area contributed by atoms with Gasteiger partial charge in [-0.15, -0.1) is 11.8 Å². The van der Waals surface area contributed by atoms with Gasteiger partial charge in [-0.25, -0.2) is 0 Å². The van der Waals surface area contributed by atoms with Gasteiger partial charge in [0.15, 0.2) is 0 Å². The molecule has 0 unspecified atom stereocenters. The predicted octanol–water partition coefficient (Wildman–Crippen LogP) is 3.17. The average Bonchev–Trinajstić information content (AvgIpc) is 2.15. The highest BCUT2D eigenvalue weighted by molar-refractivity contribution is 7.99. The maximum absolute atomic E-state index is 10.5. The molecular formula is C11H12OS. The standard InChI is InChI=1S/C11H12OS/c1-9(2)8-13-11-5-3-4-10(6-11)7-12/h3-7H,1,8H2,2H3. The molecule has 0 bridgehead atoms. The Morgan fingerprint density at radius 3 is 3.00 bits per heavy atom. The van der Waals surface area contributed by atoms with Crippen molar-refractivity contribution in [1.82, 2.24) is 0 Å². The Hall–Kier alpha value is -1.02. The fourth-order valence-corrected chi connectivity index (χ4v) is 1.69. The van der Waals surface area contributed by atoms with Gasteiger partial charge in [0.25, 0.3) is 0 Å². The zero-order valence-electron chi connectivity index (χ0n) is 7.62. The van der Waals surface area contributed by atoms with Crippen molar-refractivity contribution >= 4 is 18.0 Å². The number of aldehydes is 1. The summed E-state index contributed by atoms with van der Waals surface area (Å²) in [4.78, 5) is 11.6. The first-order valence-corrected chi connectivity index (χ1v) is 5.03. The molecule has 0 amide bonds. The lowest BCUT2D eigenvalue weighted by Gasteiger charge is -2.00. The molecule has 0 N–H and O–H groups in total. The second-order valence-corrected chi connectivity index (χ2v) is 3.98. The Labute approximate surface area is 82.9 Å². The molecule has 0 radical (unpaired) electrons. The quantitative estimate of drug-likeness (QED) is 0.414. The molecule has 0 aliphatic rings. The number of carbonyl (C=O) groups is 1. The Bertz CT molecular complexity index is 318. The van der Waals surface area contributed by atoms with Gasteiger partial charge in [-0.05, 0) is 19.1 Å². The minimum atomic E-state index is 0.728. The van der Waals surface area contributed by atoms with Crippen LogP contribution in [0.5, 0.6) is 0 Å². The zero-order chi connectivity index (χ0) is 9.68. The highest BCUT2D eigenvalue weighted by Crippen LogP contribution is 2.20. The van der Waals surface area contributed by atoms with Crippen LogP contribution in [-0.4, -0.2) is 12.0 Å². The summed E-state index contributed by atoms with van der Waals surface area (Å²) in [6.07, 6.45) is 0.866. The molecule has 0 aromatic heterocycles. The molecule has 13 heavy (non-hydrogen) atoms. The summed E-state index contributed by atoms with van der Waals surface area (Å²) in [5.41, 5.74) is 1.87. The summed E-state index contributed by atoms with van der Waals surface area (Å²) in [6, 6.07) is 7.59. The monoisotopic (exact) mass is 192 g/mol. The lowest BCUT2D eigenvalue weighted by atomic mass is 10.2. The molecule has 1 rings (SSSR count). The van der Waals surface area contributed by atoms with E-state index in [0.29, 0.717) is 0 Å². The van der Waals surface area contributed by atoms with Gasteiger partial charge >= 0.3 is 0 Å². The molecule has 0 spiro atoms. The van der Waals surface area contributed by atoms with Crippen LogP contribution < -0.4 is 0 Å². The largest absolute Gasteiger partial charge is 0.298 e. The van der Waals surface area contributed by atoms with Crippen molar-refractivity contribution in [3.8, 4) is 0 Å². The molecule has 0 aliphatic carbocycles. The van der Waals surface area contributed by atoms with Gasteiger partial charge in [-0.3, -0.25) is 4.79 Å². The number of thioether (sulfide) groups is 1. The van der Waals surface area contributed by atoms with Crippen molar-refractivity contribution in [2.45, 2.75) is 11.8 Å². The van der Waals surface area contributed by atoms with Gasteiger partial charge in [0, 0.05) is 16.2 Å². The van der Waals surface area contributed by atoms with Crippen molar-refractivity contribution in [2.75, 3.05) is 5.75 Å². The molecule has 1 aromatic rings. The van der Waals surface area contributed by atoms with E-state index in [-0.39, 0.29) is 0 Å². The average molecular weight is 192 g/mol. The van der Waals surface area contributed by atoms with Crippen LogP contribution in [-0.2, 0) is 0 Å². The van der Waals surface area contributed by atoms with Gasteiger partial charge in [0.1, 0.15) is 6.29 Å². The van der Waals surface area contributed by atoms with E-state index in [0.717, 1.165) is 28.1 Å². The summed E-state index contributed by atoms with van der Waals surface area (Å²) in [5, 5.41) is 0. The molecule has 1 nitrogen and oxygen atoms in total. The molecule has 2 heteroatoms. The van der Waals surface area contributed by atoms with Gasteiger partial charge in [0.05, 0.1) is 0 Å². The van der Waals surface area contributed by atoms with Crippen molar-refractivity contribution in [3.05, 3.63) is 42.0 Å². The van der Waals surface area contributed by atoms with E-state index in [1.807, 2.05) is 25.1 Å². The van der Waals surface area contributed by atoms with Crippen molar-refractivity contribution < 1.29 is 4.79 Å². The number of hydrogen-bond donors (Lipinski definition) is 0. The maximum atomic E-state index is 10.5. The van der Waals surface area contributed by atoms with Gasteiger partial charge in [-0.2, -0.15) is 0 Å². The molecule has 0 saturated carbocycles. The van der Waals surface area contributed by atoms with Crippen LogP contribution in [0, 0.1) is 0 Å². The van der Waals surface area contributed by atoms with E-state index in [9.17, 15) is 4.79 Å². The topological polar surface area (TPSA) is 17.1 Å². The number of carbonyl (C=O) groups excluding carboxylic acids is 1. The predicted molar refractivity (Wildman–Crippen MR) is 57.4 cm³/mol. The van der Waals surface area contributed by atoms with Gasteiger partial charge < -0.3 is 0 Å². The molecule has 0 atom stereocenters. The first-order chi connectivity index (χ1) is 6.22. The van der Waals surface area contributed by atoms with Crippen LogP contribution in [0.1, 0.15) is 17.3 Å². The lowest BCUT2D eigenvalue weighted by molar-refractivity contribution is 0.112. The smallest absolute Gasteiger partial charge is 0.150 e. The third kappa shape index (κ3) is 3.47. The van der Waals surface area contributed by atoms with Gasteiger partial charge in [0.2, 0.25) is 0 Å². The highest BCUT2D eigenvalue weighted by atomic mass is 32.2. The van der Waals surface area contributed by atoms with Crippen molar-refractivity contribution in [1.29, 1.82) is 0 Å². The Morgan fingerprint density at radius 2 is 2.38 bits per heavy atom. The third-order valence-electron chi connectivity index (χ3n) is 1.48. The van der Waals surface area contributed by atoms with E-state index < -0.39 is 0 Å². The Kier molecular flexibility index (Phi) is 3.77.